The molecule has 5 rings (SSSR count). The molecule has 0 aliphatic carbocycles. The number of hydrogen-bond acceptors (Lipinski definition) is 3. The maximum Gasteiger partial charge on any atom is 0.247 e. The molecule has 0 spiro atoms. The van der Waals surface area contributed by atoms with Crippen LogP contribution in [0.5, 0.6) is 0 Å². The minimum absolute atomic E-state index is 0.326. The fourth-order valence-electron chi connectivity index (χ4n) is 3.19. The average molecular weight is 331 g/mol. The molecule has 2 heterocycles. The number of halogens is 1. The Morgan fingerprint density at radius 1 is 0.917 bits per heavy atom. The Morgan fingerprint density at radius 2 is 1.71 bits per heavy atom. The Kier molecular flexibility index (Phi) is 2.84. The highest BCUT2D eigenvalue weighted by molar-refractivity contribution is 6.30. The van der Waals surface area contributed by atoms with Crippen LogP contribution in [0.2, 0.25) is 5.15 Å². The molecular weight excluding hydrogens is 320 g/mol. The molecule has 114 valence electrons. The van der Waals surface area contributed by atoms with Crippen molar-refractivity contribution in [3.63, 3.8) is 0 Å². The van der Waals surface area contributed by atoms with Crippen LogP contribution in [0.3, 0.4) is 0 Å². The van der Waals surface area contributed by atoms with E-state index in [2.05, 4.69) is 40.3 Å². The highest BCUT2D eigenvalue weighted by atomic mass is 35.5. The Morgan fingerprint density at radius 3 is 2.58 bits per heavy atom. The zero-order chi connectivity index (χ0) is 16.1. The number of rotatable bonds is 1. The smallest absolute Gasteiger partial charge is 0.247 e. The molecule has 0 bridgehead atoms. The fraction of sp³-hybridized carbons (Fsp3) is 0. The Bertz CT molecular complexity index is 1210. The van der Waals surface area contributed by atoms with E-state index in [0.717, 1.165) is 38.4 Å². The fourth-order valence-corrected chi connectivity index (χ4v) is 3.32. The van der Waals surface area contributed by atoms with Crippen molar-refractivity contribution in [3.05, 3.63) is 72.0 Å². The monoisotopic (exact) mass is 330 g/mol. The van der Waals surface area contributed by atoms with Crippen LogP contribution in [0.25, 0.3) is 44.1 Å². The Labute approximate surface area is 142 Å². The molecule has 0 aliphatic rings. The van der Waals surface area contributed by atoms with Gasteiger partial charge < -0.3 is 4.42 Å². The van der Waals surface area contributed by atoms with Crippen LogP contribution >= 0.6 is 11.6 Å². The lowest BCUT2D eigenvalue weighted by molar-refractivity contribution is 0.654. The van der Waals surface area contributed by atoms with Gasteiger partial charge in [-0.25, -0.2) is 4.98 Å². The second kappa shape index (κ2) is 5.05. The first kappa shape index (κ1) is 13.5. The van der Waals surface area contributed by atoms with Gasteiger partial charge in [-0.05, 0) is 22.4 Å². The van der Waals surface area contributed by atoms with Gasteiger partial charge in [0.1, 0.15) is 11.1 Å². The normalized spacial score (nSPS) is 11.5. The van der Waals surface area contributed by atoms with E-state index < -0.39 is 0 Å². The van der Waals surface area contributed by atoms with Gasteiger partial charge in [-0.1, -0.05) is 66.2 Å². The number of aromatic nitrogens is 2. The minimum atomic E-state index is 0.326. The second-order valence-corrected chi connectivity index (χ2v) is 6.05. The van der Waals surface area contributed by atoms with Crippen molar-refractivity contribution < 1.29 is 4.42 Å². The predicted octanol–water partition coefficient (Wildman–Crippen LogP) is 5.85. The molecule has 2 aromatic heterocycles. The van der Waals surface area contributed by atoms with Crippen molar-refractivity contribution in [1.82, 2.24) is 9.97 Å². The highest BCUT2D eigenvalue weighted by Gasteiger charge is 2.17. The van der Waals surface area contributed by atoms with E-state index in [-0.39, 0.29) is 0 Å². The first-order valence-corrected chi connectivity index (χ1v) is 8.01. The third-order valence-corrected chi connectivity index (χ3v) is 4.42. The van der Waals surface area contributed by atoms with E-state index in [0.29, 0.717) is 10.9 Å². The molecule has 0 aliphatic heterocycles. The van der Waals surface area contributed by atoms with Crippen LogP contribution < -0.4 is 0 Å². The molecule has 0 amide bonds. The van der Waals surface area contributed by atoms with E-state index in [9.17, 15) is 0 Å². The quantitative estimate of drug-likeness (QED) is 0.387. The summed E-state index contributed by atoms with van der Waals surface area (Å²) in [6.07, 6.45) is 1.56. The lowest BCUT2D eigenvalue weighted by Crippen LogP contribution is -1.83. The summed E-state index contributed by atoms with van der Waals surface area (Å²) in [6.45, 7) is 0. The van der Waals surface area contributed by atoms with Gasteiger partial charge in [-0.15, -0.1) is 0 Å². The molecule has 0 saturated heterocycles. The van der Waals surface area contributed by atoms with Crippen molar-refractivity contribution in [2.24, 2.45) is 0 Å². The van der Waals surface area contributed by atoms with Gasteiger partial charge in [0, 0.05) is 5.56 Å². The number of benzene rings is 3. The van der Waals surface area contributed by atoms with Crippen LogP contribution in [0.4, 0.5) is 0 Å². The number of furan rings is 1. The summed E-state index contributed by atoms with van der Waals surface area (Å²) in [7, 11) is 0. The van der Waals surface area contributed by atoms with Crippen molar-refractivity contribution in [2.45, 2.75) is 0 Å². The van der Waals surface area contributed by atoms with E-state index >= 15 is 0 Å². The Balaban J connectivity index is 2.04. The van der Waals surface area contributed by atoms with Crippen molar-refractivity contribution in [3.8, 4) is 11.1 Å². The molecule has 0 unspecified atom stereocenters. The lowest BCUT2D eigenvalue weighted by Gasteiger charge is -2.06. The first-order valence-electron chi connectivity index (χ1n) is 7.63. The summed E-state index contributed by atoms with van der Waals surface area (Å²) in [4.78, 5) is 8.76. The summed E-state index contributed by atoms with van der Waals surface area (Å²) in [5.74, 6) is 0. The maximum absolute atomic E-state index is 6.07. The maximum atomic E-state index is 6.07. The highest BCUT2D eigenvalue weighted by Crippen LogP contribution is 2.39. The zero-order valence-corrected chi connectivity index (χ0v) is 13.3. The standard InChI is InChI=1S/C20H11ClN2O/c21-16-11-22-18-17-14-9-5-4-8-13(14)10-15(12-6-2-1-3-7-12)19(17)24-20(18)23-16/h1-11H. The third-order valence-electron chi connectivity index (χ3n) is 4.23. The topological polar surface area (TPSA) is 38.9 Å². The SMILES string of the molecule is Clc1cnc2c(n1)oc1c(-c3ccccc3)cc3ccccc3c12. The summed E-state index contributed by atoms with van der Waals surface area (Å²) in [6, 6.07) is 20.6. The van der Waals surface area contributed by atoms with Crippen molar-refractivity contribution in [2.75, 3.05) is 0 Å². The summed E-state index contributed by atoms with van der Waals surface area (Å²) in [5.41, 5.74) is 4.12. The van der Waals surface area contributed by atoms with Gasteiger partial charge in [-0.2, -0.15) is 4.98 Å². The van der Waals surface area contributed by atoms with Crippen LogP contribution in [0, 0.1) is 0 Å². The van der Waals surface area contributed by atoms with Gasteiger partial charge in [0.15, 0.2) is 5.15 Å². The zero-order valence-electron chi connectivity index (χ0n) is 12.5. The predicted molar refractivity (Wildman–Crippen MR) is 97.3 cm³/mol. The second-order valence-electron chi connectivity index (χ2n) is 5.66. The van der Waals surface area contributed by atoms with Gasteiger partial charge in [-0.3, -0.25) is 0 Å². The van der Waals surface area contributed by atoms with E-state index in [1.165, 1.54) is 0 Å². The summed E-state index contributed by atoms with van der Waals surface area (Å²) >= 11 is 5.99. The third kappa shape index (κ3) is 1.92. The molecule has 0 N–H and O–H groups in total. The first-order chi connectivity index (χ1) is 11.8. The number of hydrogen-bond donors (Lipinski definition) is 0. The lowest BCUT2D eigenvalue weighted by atomic mass is 9.97. The van der Waals surface area contributed by atoms with Crippen LogP contribution in [0.1, 0.15) is 0 Å². The van der Waals surface area contributed by atoms with Gasteiger partial charge in [0.05, 0.1) is 11.6 Å². The largest absolute Gasteiger partial charge is 0.436 e. The Hall–Kier alpha value is -2.91. The van der Waals surface area contributed by atoms with Crippen molar-refractivity contribution in [1.29, 1.82) is 0 Å². The van der Waals surface area contributed by atoms with E-state index in [4.69, 9.17) is 16.0 Å². The van der Waals surface area contributed by atoms with Crippen LogP contribution in [-0.4, -0.2) is 9.97 Å². The van der Waals surface area contributed by atoms with Gasteiger partial charge in [0.25, 0.3) is 0 Å². The summed E-state index contributed by atoms with van der Waals surface area (Å²) in [5, 5.41) is 3.55. The van der Waals surface area contributed by atoms with Crippen LogP contribution in [0.15, 0.2) is 71.3 Å². The molecule has 24 heavy (non-hydrogen) atoms. The molecular formula is C20H11ClN2O. The molecule has 5 aromatic rings. The molecule has 0 radical (unpaired) electrons. The molecule has 3 nitrogen and oxygen atoms in total. The summed E-state index contributed by atoms with van der Waals surface area (Å²) < 4.78 is 6.07. The molecule has 3 aromatic carbocycles. The van der Waals surface area contributed by atoms with E-state index in [1.807, 2.05) is 30.3 Å². The molecule has 0 atom stereocenters. The number of nitrogens with zero attached hydrogens (tertiary/aromatic N) is 2. The minimum Gasteiger partial charge on any atom is -0.436 e. The molecule has 0 fully saturated rings. The van der Waals surface area contributed by atoms with Crippen LogP contribution in [-0.2, 0) is 0 Å². The van der Waals surface area contributed by atoms with Gasteiger partial charge in [0.2, 0.25) is 5.71 Å². The molecule has 4 heteroatoms. The van der Waals surface area contributed by atoms with Gasteiger partial charge >= 0.3 is 0 Å². The van der Waals surface area contributed by atoms with E-state index in [1.54, 1.807) is 6.20 Å². The molecule has 0 saturated carbocycles. The van der Waals surface area contributed by atoms with Crippen molar-refractivity contribution >= 4 is 44.6 Å². The number of fused-ring (bicyclic) bond motifs is 5. The average Bonchev–Trinajstić information content (AvgIpc) is 3.00.